The molecule has 0 bridgehead atoms. The van der Waals surface area contributed by atoms with Crippen LogP contribution < -0.4 is 0 Å². The number of carboxylic acid groups (broad SMARTS) is 1. The SMILES string of the molecule is C[C@H](C#CC(=O)O)OC(=O)/C=C/C1=CCCC2(C1)OCCO2. The Morgan fingerprint density at radius 2 is 2.18 bits per heavy atom. The van der Waals surface area contributed by atoms with Crippen molar-refractivity contribution >= 4 is 11.9 Å². The molecule has 2 aliphatic rings. The second kappa shape index (κ2) is 7.25. The Balaban J connectivity index is 1.86. The van der Waals surface area contributed by atoms with Crippen molar-refractivity contribution in [3.8, 4) is 11.8 Å². The summed E-state index contributed by atoms with van der Waals surface area (Å²) in [6, 6.07) is 0. The van der Waals surface area contributed by atoms with Crippen molar-refractivity contribution in [2.24, 2.45) is 0 Å². The summed E-state index contributed by atoms with van der Waals surface area (Å²) in [5.41, 5.74) is 0.953. The normalized spacial score (nSPS) is 21.0. The van der Waals surface area contributed by atoms with E-state index >= 15 is 0 Å². The van der Waals surface area contributed by atoms with E-state index in [1.54, 1.807) is 6.08 Å². The summed E-state index contributed by atoms with van der Waals surface area (Å²) in [5, 5.41) is 8.41. The van der Waals surface area contributed by atoms with E-state index in [0.29, 0.717) is 19.6 Å². The number of hydrogen-bond acceptors (Lipinski definition) is 5. The van der Waals surface area contributed by atoms with Crippen molar-refractivity contribution in [1.29, 1.82) is 0 Å². The van der Waals surface area contributed by atoms with Gasteiger partial charge in [0.1, 0.15) is 0 Å². The predicted molar refractivity (Wildman–Crippen MR) is 76.7 cm³/mol. The first-order valence-corrected chi connectivity index (χ1v) is 7.09. The zero-order valence-electron chi connectivity index (χ0n) is 12.3. The molecule has 118 valence electrons. The lowest BCUT2D eigenvalue weighted by atomic mass is 9.93. The van der Waals surface area contributed by atoms with E-state index in [4.69, 9.17) is 19.3 Å². The quantitative estimate of drug-likeness (QED) is 0.482. The van der Waals surface area contributed by atoms with Crippen LogP contribution >= 0.6 is 0 Å². The third-order valence-electron chi connectivity index (χ3n) is 3.33. The molecule has 1 atom stereocenters. The summed E-state index contributed by atoms with van der Waals surface area (Å²) in [7, 11) is 0. The highest BCUT2D eigenvalue weighted by molar-refractivity contribution is 5.87. The molecule has 22 heavy (non-hydrogen) atoms. The van der Waals surface area contributed by atoms with Gasteiger partial charge in [-0.2, -0.15) is 0 Å². The van der Waals surface area contributed by atoms with Gasteiger partial charge in [0.2, 0.25) is 0 Å². The molecule has 0 unspecified atom stereocenters. The summed E-state index contributed by atoms with van der Waals surface area (Å²) >= 11 is 0. The monoisotopic (exact) mass is 306 g/mol. The Hall–Kier alpha value is -2.10. The molecule has 1 N–H and O–H groups in total. The van der Waals surface area contributed by atoms with E-state index in [0.717, 1.165) is 18.4 Å². The van der Waals surface area contributed by atoms with Gasteiger partial charge < -0.3 is 19.3 Å². The molecule has 6 heteroatoms. The summed E-state index contributed by atoms with van der Waals surface area (Å²) in [6.07, 6.45) is 6.48. The average molecular weight is 306 g/mol. The number of carboxylic acids is 1. The van der Waals surface area contributed by atoms with Gasteiger partial charge in [-0.25, -0.2) is 9.59 Å². The van der Waals surface area contributed by atoms with Gasteiger partial charge in [-0.05, 0) is 24.8 Å². The minimum atomic E-state index is -1.26. The molecule has 6 nitrogen and oxygen atoms in total. The number of ether oxygens (including phenoxy) is 3. The number of carbonyl (C=O) groups is 2. The molecule has 1 saturated heterocycles. The molecule has 1 heterocycles. The number of esters is 1. The van der Waals surface area contributed by atoms with Crippen LogP contribution in [-0.2, 0) is 23.8 Å². The predicted octanol–water partition coefficient (Wildman–Crippen LogP) is 1.42. The maximum atomic E-state index is 11.6. The second-order valence-corrected chi connectivity index (χ2v) is 5.09. The van der Waals surface area contributed by atoms with Gasteiger partial charge in [-0.15, -0.1) is 0 Å². The van der Waals surface area contributed by atoms with E-state index in [1.807, 2.05) is 12.0 Å². The molecule has 1 aliphatic heterocycles. The zero-order valence-corrected chi connectivity index (χ0v) is 12.3. The lowest BCUT2D eigenvalue weighted by Crippen LogP contribution is -2.32. The van der Waals surface area contributed by atoms with Gasteiger partial charge in [0.15, 0.2) is 11.9 Å². The standard InChI is InChI=1S/C16H18O6/c1-12(4-6-14(17)18)22-15(19)7-5-13-3-2-8-16(11-13)20-9-10-21-16/h3,5,7,12H,2,8-11H2,1H3,(H,17,18)/b7-5+/t12-/m1/s1. The molecule has 0 aromatic heterocycles. The van der Waals surface area contributed by atoms with Crippen LogP contribution in [0.5, 0.6) is 0 Å². The van der Waals surface area contributed by atoms with E-state index < -0.39 is 23.8 Å². The first-order chi connectivity index (χ1) is 10.5. The van der Waals surface area contributed by atoms with Crippen LogP contribution in [0.1, 0.15) is 26.2 Å². The van der Waals surface area contributed by atoms with Gasteiger partial charge in [-0.1, -0.05) is 12.2 Å². The van der Waals surface area contributed by atoms with Crippen LogP contribution in [0.2, 0.25) is 0 Å². The molecule has 2 rings (SSSR count). The van der Waals surface area contributed by atoms with Crippen LogP contribution in [0.25, 0.3) is 0 Å². The molecule has 1 spiro atoms. The van der Waals surface area contributed by atoms with Crippen molar-refractivity contribution in [2.75, 3.05) is 13.2 Å². The summed E-state index contributed by atoms with van der Waals surface area (Å²) in [5.74, 6) is 1.85. The van der Waals surface area contributed by atoms with Crippen molar-refractivity contribution in [1.82, 2.24) is 0 Å². The van der Waals surface area contributed by atoms with E-state index in [1.165, 1.54) is 13.0 Å². The van der Waals surface area contributed by atoms with Crippen molar-refractivity contribution < 1.29 is 28.9 Å². The third-order valence-corrected chi connectivity index (χ3v) is 3.33. The second-order valence-electron chi connectivity index (χ2n) is 5.09. The summed E-state index contributed by atoms with van der Waals surface area (Å²) < 4.78 is 16.3. The fraction of sp³-hybridized carbons (Fsp3) is 0.500. The van der Waals surface area contributed by atoms with Crippen LogP contribution in [0, 0.1) is 11.8 Å². The van der Waals surface area contributed by atoms with Crippen LogP contribution in [0.15, 0.2) is 23.8 Å². The average Bonchev–Trinajstić information content (AvgIpc) is 2.91. The van der Waals surface area contributed by atoms with Gasteiger partial charge in [0, 0.05) is 24.8 Å². The fourth-order valence-electron chi connectivity index (χ4n) is 2.40. The molecule has 0 saturated carbocycles. The number of hydrogen-bond donors (Lipinski definition) is 1. The van der Waals surface area contributed by atoms with E-state index in [9.17, 15) is 9.59 Å². The first kappa shape index (κ1) is 16.3. The molecule has 0 aromatic carbocycles. The minimum absolute atomic E-state index is 0.543. The smallest absolute Gasteiger partial charge is 0.382 e. The Kier molecular flexibility index (Phi) is 5.36. The molecule has 0 amide bonds. The third kappa shape index (κ3) is 4.72. The maximum Gasteiger partial charge on any atom is 0.382 e. The van der Waals surface area contributed by atoms with Gasteiger partial charge >= 0.3 is 11.9 Å². The Morgan fingerprint density at radius 3 is 2.86 bits per heavy atom. The lowest BCUT2D eigenvalue weighted by molar-refractivity contribution is -0.162. The highest BCUT2D eigenvalue weighted by Gasteiger charge is 2.38. The van der Waals surface area contributed by atoms with Crippen molar-refractivity contribution in [3.63, 3.8) is 0 Å². The number of aliphatic carboxylic acids is 1. The summed E-state index contributed by atoms with van der Waals surface area (Å²) in [6.45, 7) is 2.70. The van der Waals surface area contributed by atoms with Crippen molar-refractivity contribution in [2.45, 2.75) is 38.1 Å². The van der Waals surface area contributed by atoms with Crippen LogP contribution in [-0.4, -0.2) is 42.1 Å². The molecule has 0 aromatic rings. The number of carbonyl (C=O) groups excluding carboxylic acids is 1. The van der Waals surface area contributed by atoms with Gasteiger partial charge in [0.25, 0.3) is 0 Å². The van der Waals surface area contributed by atoms with Crippen molar-refractivity contribution in [3.05, 3.63) is 23.8 Å². The Labute approximate surface area is 128 Å². The molecule has 1 fully saturated rings. The molecular weight excluding hydrogens is 288 g/mol. The molecule has 1 aliphatic carbocycles. The van der Waals surface area contributed by atoms with E-state index in [-0.39, 0.29) is 0 Å². The summed E-state index contributed by atoms with van der Waals surface area (Å²) in [4.78, 5) is 21.9. The largest absolute Gasteiger partial charge is 0.472 e. The van der Waals surface area contributed by atoms with E-state index in [2.05, 4.69) is 5.92 Å². The highest BCUT2D eigenvalue weighted by atomic mass is 16.7. The van der Waals surface area contributed by atoms with Crippen LogP contribution in [0.3, 0.4) is 0 Å². The molecular formula is C16H18O6. The van der Waals surface area contributed by atoms with Crippen LogP contribution in [0.4, 0.5) is 0 Å². The topological polar surface area (TPSA) is 82.1 Å². The van der Waals surface area contributed by atoms with Gasteiger partial charge in [0.05, 0.1) is 13.2 Å². The molecule has 0 radical (unpaired) electrons. The first-order valence-electron chi connectivity index (χ1n) is 7.09. The fourth-order valence-corrected chi connectivity index (χ4v) is 2.40. The minimum Gasteiger partial charge on any atom is -0.472 e. The highest BCUT2D eigenvalue weighted by Crippen LogP contribution is 2.36. The lowest BCUT2D eigenvalue weighted by Gasteiger charge is -2.30. The Morgan fingerprint density at radius 1 is 1.45 bits per heavy atom. The maximum absolute atomic E-state index is 11.6. The van der Waals surface area contributed by atoms with Gasteiger partial charge in [-0.3, -0.25) is 0 Å². The Bertz CT molecular complexity index is 557. The zero-order chi connectivity index (χ0) is 16.0. The number of rotatable bonds is 3. The number of allylic oxidation sites excluding steroid dienone is 2.